The fraction of sp³-hybridized carbons (Fsp3) is 0.200. The van der Waals surface area contributed by atoms with Crippen LogP contribution in [0.15, 0.2) is 63.2 Å². The minimum absolute atomic E-state index is 0.209. The molecule has 0 saturated carbocycles. The Morgan fingerprint density at radius 3 is 2.69 bits per heavy atom. The molecule has 0 N–H and O–H groups in total. The number of para-hydroxylation sites is 2. The van der Waals surface area contributed by atoms with Gasteiger partial charge in [0.2, 0.25) is 11.2 Å². The molecule has 0 atom stereocenters. The molecular formula is C20H18N2O6S. The van der Waals surface area contributed by atoms with E-state index in [1.165, 1.54) is 24.9 Å². The van der Waals surface area contributed by atoms with E-state index in [0.717, 1.165) is 12.0 Å². The highest BCUT2D eigenvalue weighted by atomic mass is 32.2. The van der Waals surface area contributed by atoms with Gasteiger partial charge in [-0.25, -0.2) is 14.8 Å². The average molecular weight is 414 g/mol. The van der Waals surface area contributed by atoms with Crippen molar-refractivity contribution in [2.75, 3.05) is 13.7 Å². The number of hydrogen-bond donors (Lipinski definition) is 0. The van der Waals surface area contributed by atoms with Gasteiger partial charge in [0.25, 0.3) is 0 Å². The minimum Gasteiger partial charge on any atom is -0.493 e. The molecule has 8 nitrogen and oxygen atoms in total. The zero-order chi connectivity index (χ0) is 20.6. The van der Waals surface area contributed by atoms with Gasteiger partial charge in [-0.3, -0.25) is 4.79 Å². The smallest absolute Gasteiger partial charge is 0.349 e. The molecule has 1 aromatic carbocycles. The lowest BCUT2D eigenvalue weighted by Crippen LogP contribution is -2.21. The third-order valence-electron chi connectivity index (χ3n) is 3.61. The van der Waals surface area contributed by atoms with Gasteiger partial charge in [-0.15, -0.1) is 0 Å². The van der Waals surface area contributed by atoms with Crippen LogP contribution in [0.25, 0.3) is 0 Å². The predicted octanol–water partition coefficient (Wildman–Crippen LogP) is 3.02. The molecule has 0 aliphatic rings. The Balaban J connectivity index is 1.55. The van der Waals surface area contributed by atoms with Gasteiger partial charge < -0.3 is 18.6 Å². The quantitative estimate of drug-likeness (QED) is 0.313. The van der Waals surface area contributed by atoms with Crippen molar-refractivity contribution in [1.29, 1.82) is 0 Å². The Labute approximate surface area is 170 Å². The monoisotopic (exact) mass is 414 g/mol. The molecule has 0 aliphatic heterocycles. The number of aromatic nitrogens is 2. The van der Waals surface area contributed by atoms with Gasteiger partial charge in [0.1, 0.15) is 12.0 Å². The van der Waals surface area contributed by atoms with Gasteiger partial charge in [-0.2, -0.15) is 0 Å². The summed E-state index contributed by atoms with van der Waals surface area (Å²) in [4.78, 5) is 32.5. The van der Waals surface area contributed by atoms with E-state index >= 15 is 0 Å². The lowest BCUT2D eigenvalue weighted by molar-refractivity contribution is -0.136. The van der Waals surface area contributed by atoms with Crippen molar-refractivity contribution in [2.24, 2.45) is 0 Å². The second-order valence-corrected chi connectivity index (χ2v) is 6.70. The van der Waals surface area contributed by atoms with Crippen LogP contribution in [0.3, 0.4) is 0 Å². The van der Waals surface area contributed by atoms with Crippen LogP contribution in [0.5, 0.6) is 17.2 Å². The Morgan fingerprint density at radius 2 is 1.97 bits per heavy atom. The zero-order valence-corrected chi connectivity index (χ0v) is 16.6. The predicted molar refractivity (Wildman–Crippen MR) is 105 cm³/mol. The molecule has 29 heavy (non-hydrogen) atoms. The molecule has 0 aliphatic carbocycles. The number of esters is 1. The Morgan fingerprint density at radius 1 is 1.17 bits per heavy atom. The first-order valence-electron chi connectivity index (χ1n) is 8.56. The normalized spacial score (nSPS) is 10.4. The topological polar surface area (TPSA) is 101 Å². The molecular weight excluding hydrogens is 396 g/mol. The van der Waals surface area contributed by atoms with Crippen molar-refractivity contribution >= 4 is 17.7 Å². The summed E-state index contributed by atoms with van der Waals surface area (Å²) < 4.78 is 20.9. The van der Waals surface area contributed by atoms with Crippen LogP contribution in [0, 0.1) is 6.92 Å². The van der Waals surface area contributed by atoms with Gasteiger partial charge in [-0.05, 0) is 25.1 Å². The van der Waals surface area contributed by atoms with Crippen LogP contribution in [0.4, 0.5) is 0 Å². The second-order valence-electron chi connectivity index (χ2n) is 5.76. The Kier molecular flexibility index (Phi) is 6.85. The zero-order valence-electron chi connectivity index (χ0n) is 15.8. The number of ether oxygens (including phenoxy) is 3. The van der Waals surface area contributed by atoms with Gasteiger partial charge >= 0.3 is 5.97 Å². The van der Waals surface area contributed by atoms with Crippen LogP contribution in [-0.4, -0.2) is 29.7 Å². The molecule has 0 unspecified atom stereocenters. The molecule has 0 bridgehead atoms. The molecule has 0 fully saturated rings. The highest BCUT2D eigenvalue weighted by Crippen LogP contribution is 2.25. The molecule has 0 spiro atoms. The fourth-order valence-electron chi connectivity index (χ4n) is 2.25. The Hall–Kier alpha value is -3.33. The van der Waals surface area contributed by atoms with E-state index in [1.807, 2.05) is 6.92 Å². The molecule has 0 saturated heterocycles. The maximum Gasteiger partial charge on any atom is 0.349 e. The number of methoxy groups -OCH3 is 1. The van der Waals surface area contributed by atoms with Crippen LogP contribution in [-0.2, 0) is 10.5 Å². The number of carbonyl (C=O) groups is 1. The van der Waals surface area contributed by atoms with Crippen molar-refractivity contribution in [3.63, 3.8) is 0 Å². The first-order valence-corrected chi connectivity index (χ1v) is 9.54. The van der Waals surface area contributed by atoms with Crippen LogP contribution >= 0.6 is 11.8 Å². The van der Waals surface area contributed by atoms with E-state index in [2.05, 4.69) is 9.97 Å². The summed E-state index contributed by atoms with van der Waals surface area (Å²) in [5, 5.41) is 0.580. The largest absolute Gasteiger partial charge is 0.493 e. The molecule has 9 heteroatoms. The summed E-state index contributed by atoms with van der Waals surface area (Å²) in [6.45, 7) is 1.48. The van der Waals surface area contributed by atoms with E-state index in [4.69, 9.17) is 18.6 Å². The van der Waals surface area contributed by atoms with E-state index < -0.39 is 11.4 Å². The highest BCUT2D eigenvalue weighted by Gasteiger charge is 2.13. The summed E-state index contributed by atoms with van der Waals surface area (Å²) in [7, 11) is 1.50. The molecule has 3 rings (SSSR count). The lowest BCUT2D eigenvalue weighted by Gasteiger charge is -2.09. The summed E-state index contributed by atoms with van der Waals surface area (Å²) in [6.07, 6.45) is 2.77. The molecule has 0 amide bonds. The van der Waals surface area contributed by atoms with Crippen molar-refractivity contribution in [1.82, 2.24) is 9.97 Å². The molecule has 0 radical (unpaired) electrons. The molecule has 150 valence electrons. The number of benzene rings is 1. The number of rotatable bonds is 8. The average Bonchev–Trinajstić information content (AvgIpc) is 2.73. The molecule has 2 aromatic heterocycles. The van der Waals surface area contributed by atoms with E-state index in [0.29, 0.717) is 28.2 Å². The fourth-order valence-corrected chi connectivity index (χ4v) is 3.01. The van der Waals surface area contributed by atoms with Crippen LogP contribution in [0.2, 0.25) is 0 Å². The maximum absolute atomic E-state index is 12.2. The SMILES string of the molecule is COc1ccccc1OCC(=O)Oc1coc(CSc2nccc(C)n2)cc1=O. The van der Waals surface area contributed by atoms with Crippen molar-refractivity contribution in [3.8, 4) is 17.2 Å². The van der Waals surface area contributed by atoms with Crippen molar-refractivity contribution in [3.05, 3.63) is 70.5 Å². The van der Waals surface area contributed by atoms with Crippen LogP contribution in [0.1, 0.15) is 11.5 Å². The van der Waals surface area contributed by atoms with Gasteiger partial charge in [0.15, 0.2) is 23.3 Å². The third-order valence-corrected chi connectivity index (χ3v) is 4.49. The van der Waals surface area contributed by atoms with E-state index in [1.54, 1.807) is 36.5 Å². The van der Waals surface area contributed by atoms with Gasteiger partial charge in [0.05, 0.1) is 12.9 Å². The number of carbonyl (C=O) groups excluding carboxylic acids is 1. The standard InChI is InChI=1S/C20H18N2O6S/c1-13-7-8-21-20(22-13)29-12-14-9-15(23)18(10-26-14)28-19(24)11-27-17-6-4-3-5-16(17)25-2/h3-10H,11-12H2,1-2H3. The number of hydrogen-bond acceptors (Lipinski definition) is 9. The summed E-state index contributed by atoms with van der Waals surface area (Å²) >= 11 is 1.33. The minimum atomic E-state index is -0.738. The molecule has 3 aromatic rings. The second kappa shape index (κ2) is 9.74. The van der Waals surface area contributed by atoms with E-state index in [9.17, 15) is 9.59 Å². The first-order chi connectivity index (χ1) is 14.0. The third kappa shape index (κ3) is 5.82. The first kappa shape index (κ1) is 20.4. The van der Waals surface area contributed by atoms with Crippen molar-refractivity contribution in [2.45, 2.75) is 17.8 Å². The Bertz CT molecular complexity index is 1050. The maximum atomic E-state index is 12.2. The highest BCUT2D eigenvalue weighted by molar-refractivity contribution is 7.98. The van der Waals surface area contributed by atoms with Crippen LogP contribution < -0.4 is 19.6 Å². The number of thioether (sulfide) groups is 1. The number of nitrogens with zero attached hydrogens (tertiary/aromatic N) is 2. The lowest BCUT2D eigenvalue weighted by atomic mass is 10.3. The summed E-state index contributed by atoms with van der Waals surface area (Å²) in [6, 6.07) is 9.95. The van der Waals surface area contributed by atoms with Gasteiger partial charge in [0, 0.05) is 18.0 Å². The summed E-state index contributed by atoms with van der Waals surface area (Å²) in [5.41, 5.74) is 0.379. The molecule has 2 heterocycles. The summed E-state index contributed by atoms with van der Waals surface area (Å²) in [5.74, 6) is 0.709. The van der Waals surface area contributed by atoms with Crippen molar-refractivity contribution < 1.29 is 23.4 Å². The number of aryl methyl sites for hydroxylation is 1. The van der Waals surface area contributed by atoms with Gasteiger partial charge in [-0.1, -0.05) is 23.9 Å². The van der Waals surface area contributed by atoms with E-state index in [-0.39, 0.29) is 12.4 Å².